The molecule has 17 heavy (non-hydrogen) atoms. The van der Waals surface area contributed by atoms with Gasteiger partial charge in [-0.1, -0.05) is 0 Å². The monoisotopic (exact) mass is 344 g/mol. The van der Waals surface area contributed by atoms with Gasteiger partial charge in [0.15, 0.2) is 5.69 Å². The topological polar surface area (TPSA) is 72.4 Å². The number of nitrogens with zero attached hydrogens (tertiary/aromatic N) is 3. The lowest BCUT2D eigenvalue weighted by atomic mass is 10.4. The van der Waals surface area contributed by atoms with E-state index in [1.807, 2.05) is 22.6 Å². The van der Waals surface area contributed by atoms with Gasteiger partial charge in [0.2, 0.25) is 0 Å². The number of hydrazone groups is 1. The minimum atomic E-state index is -0.349. The van der Waals surface area contributed by atoms with E-state index in [1.54, 1.807) is 30.1 Å². The summed E-state index contributed by atoms with van der Waals surface area (Å²) in [4.78, 5) is 11.7. The van der Waals surface area contributed by atoms with Crippen molar-refractivity contribution in [2.45, 2.75) is 0 Å². The first-order chi connectivity index (χ1) is 8.16. The molecule has 6 nitrogen and oxygen atoms in total. The number of carbonyl (C=O) groups is 1. The molecule has 2 aromatic rings. The van der Waals surface area contributed by atoms with Crippen molar-refractivity contribution >= 4 is 34.7 Å². The molecule has 0 atom stereocenters. The Kier molecular flexibility index (Phi) is 3.57. The fraction of sp³-hybridized carbons (Fsp3) is 0.100. The standard InChI is InChI=1S/C10H9IN4O2/c1-15-6-8(11)9(14-15)10(16)13-12-5-7-3-2-4-17-7/h2-6H,1H3,(H,13,16)/b12-5-. The highest BCUT2D eigenvalue weighted by atomic mass is 127. The third-order valence-electron chi connectivity index (χ3n) is 1.90. The van der Waals surface area contributed by atoms with Crippen molar-refractivity contribution in [3.8, 4) is 0 Å². The van der Waals surface area contributed by atoms with Crippen molar-refractivity contribution in [3.63, 3.8) is 0 Å². The van der Waals surface area contributed by atoms with Crippen molar-refractivity contribution in [2.75, 3.05) is 0 Å². The molecule has 7 heteroatoms. The number of halogens is 1. The molecule has 0 unspecified atom stereocenters. The van der Waals surface area contributed by atoms with Crippen LogP contribution in [0.15, 0.2) is 34.1 Å². The second-order valence-corrected chi connectivity index (χ2v) is 4.38. The van der Waals surface area contributed by atoms with Crippen LogP contribution in [0.4, 0.5) is 0 Å². The van der Waals surface area contributed by atoms with Crippen LogP contribution in [-0.4, -0.2) is 21.9 Å². The van der Waals surface area contributed by atoms with Gasteiger partial charge in [-0.2, -0.15) is 10.2 Å². The third kappa shape index (κ3) is 2.93. The van der Waals surface area contributed by atoms with E-state index in [9.17, 15) is 4.79 Å². The van der Waals surface area contributed by atoms with Gasteiger partial charge in [0.05, 0.1) is 16.0 Å². The van der Waals surface area contributed by atoms with Crippen LogP contribution in [0.3, 0.4) is 0 Å². The van der Waals surface area contributed by atoms with Crippen molar-refractivity contribution in [1.82, 2.24) is 15.2 Å². The molecule has 2 aromatic heterocycles. The Hall–Kier alpha value is -1.64. The number of furan rings is 1. The van der Waals surface area contributed by atoms with Crippen LogP contribution in [0.2, 0.25) is 0 Å². The first-order valence-electron chi connectivity index (χ1n) is 4.73. The zero-order valence-corrected chi connectivity index (χ0v) is 11.1. The minimum Gasteiger partial charge on any atom is -0.463 e. The second-order valence-electron chi connectivity index (χ2n) is 3.21. The summed E-state index contributed by atoms with van der Waals surface area (Å²) in [7, 11) is 1.76. The van der Waals surface area contributed by atoms with Crippen LogP contribution >= 0.6 is 22.6 Å². The van der Waals surface area contributed by atoms with Gasteiger partial charge >= 0.3 is 0 Å². The van der Waals surface area contributed by atoms with E-state index >= 15 is 0 Å². The SMILES string of the molecule is Cn1cc(I)c(C(=O)N/N=C\c2ccco2)n1. The fourth-order valence-corrected chi connectivity index (χ4v) is 1.94. The zero-order chi connectivity index (χ0) is 12.3. The van der Waals surface area contributed by atoms with Crippen LogP contribution in [0.1, 0.15) is 16.2 Å². The molecule has 0 aromatic carbocycles. The summed E-state index contributed by atoms with van der Waals surface area (Å²) in [5.41, 5.74) is 2.73. The molecule has 88 valence electrons. The molecule has 0 aliphatic carbocycles. The largest absolute Gasteiger partial charge is 0.463 e. The van der Waals surface area contributed by atoms with Crippen LogP contribution in [0.25, 0.3) is 0 Å². The Morgan fingerprint density at radius 1 is 1.71 bits per heavy atom. The van der Waals surface area contributed by atoms with Gasteiger partial charge in [0, 0.05) is 13.2 Å². The predicted molar refractivity (Wildman–Crippen MR) is 69.7 cm³/mol. The molecule has 1 N–H and O–H groups in total. The lowest BCUT2D eigenvalue weighted by Crippen LogP contribution is -2.19. The molecule has 0 saturated carbocycles. The van der Waals surface area contributed by atoms with E-state index in [-0.39, 0.29) is 5.91 Å². The smallest absolute Gasteiger partial charge is 0.292 e. The van der Waals surface area contributed by atoms with Crippen molar-refractivity contribution in [1.29, 1.82) is 0 Å². The molecule has 1 amide bonds. The average molecular weight is 344 g/mol. The molecule has 0 radical (unpaired) electrons. The molecule has 2 rings (SSSR count). The van der Waals surface area contributed by atoms with Crippen LogP contribution in [0, 0.1) is 3.57 Å². The van der Waals surface area contributed by atoms with Crippen LogP contribution in [0.5, 0.6) is 0 Å². The van der Waals surface area contributed by atoms with Gasteiger partial charge in [-0.25, -0.2) is 5.43 Å². The summed E-state index contributed by atoms with van der Waals surface area (Å²) in [5, 5.41) is 7.80. The van der Waals surface area contributed by atoms with Crippen molar-refractivity contribution in [2.24, 2.45) is 12.1 Å². The van der Waals surface area contributed by atoms with E-state index in [1.165, 1.54) is 12.5 Å². The highest BCUT2D eigenvalue weighted by Gasteiger charge is 2.13. The number of rotatable bonds is 3. The predicted octanol–water partition coefficient (Wildman–Crippen LogP) is 1.38. The third-order valence-corrected chi connectivity index (χ3v) is 2.69. The molecule has 0 saturated heterocycles. The van der Waals surface area contributed by atoms with Gasteiger partial charge < -0.3 is 4.42 Å². The highest BCUT2D eigenvalue weighted by Crippen LogP contribution is 2.08. The Morgan fingerprint density at radius 2 is 2.53 bits per heavy atom. The molecule has 0 bridgehead atoms. The normalized spacial score (nSPS) is 10.9. The fourth-order valence-electron chi connectivity index (χ4n) is 1.19. The second kappa shape index (κ2) is 5.13. The van der Waals surface area contributed by atoms with Gasteiger partial charge in [0.25, 0.3) is 5.91 Å². The Morgan fingerprint density at radius 3 is 3.12 bits per heavy atom. The molecule has 0 aliphatic rings. The summed E-state index contributed by atoms with van der Waals surface area (Å²) in [5.74, 6) is 0.221. The highest BCUT2D eigenvalue weighted by molar-refractivity contribution is 14.1. The van der Waals surface area contributed by atoms with E-state index in [0.29, 0.717) is 11.5 Å². The summed E-state index contributed by atoms with van der Waals surface area (Å²) in [6, 6.07) is 3.48. The van der Waals surface area contributed by atoms with E-state index < -0.39 is 0 Å². The van der Waals surface area contributed by atoms with Crippen LogP contribution in [-0.2, 0) is 7.05 Å². The number of nitrogens with one attached hydrogen (secondary N) is 1. The number of hydrogen-bond donors (Lipinski definition) is 1. The number of hydrogen-bond acceptors (Lipinski definition) is 4. The maximum absolute atomic E-state index is 11.7. The summed E-state index contributed by atoms with van der Waals surface area (Å²) in [6.45, 7) is 0. The molecular weight excluding hydrogens is 335 g/mol. The van der Waals surface area contributed by atoms with Gasteiger partial charge in [0.1, 0.15) is 5.76 Å². The Bertz CT molecular complexity index is 545. The molecule has 0 spiro atoms. The number of aromatic nitrogens is 2. The first-order valence-corrected chi connectivity index (χ1v) is 5.81. The van der Waals surface area contributed by atoms with Gasteiger partial charge in [-0.05, 0) is 34.7 Å². The number of aryl methyl sites for hydroxylation is 1. The number of carbonyl (C=O) groups excluding carboxylic acids is 1. The van der Waals surface area contributed by atoms with Crippen LogP contribution < -0.4 is 5.43 Å². The zero-order valence-electron chi connectivity index (χ0n) is 8.92. The maximum Gasteiger partial charge on any atom is 0.292 e. The van der Waals surface area contributed by atoms with Crippen molar-refractivity contribution < 1.29 is 9.21 Å². The summed E-state index contributed by atoms with van der Waals surface area (Å²) < 4.78 is 7.38. The summed E-state index contributed by atoms with van der Waals surface area (Å²) in [6.07, 6.45) is 4.71. The average Bonchev–Trinajstić information content (AvgIpc) is 2.88. The molecule has 2 heterocycles. The van der Waals surface area contributed by atoms with E-state index in [4.69, 9.17) is 4.42 Å². The lowest BCUT2D eigenvalue weighted by Gasteiger charge is -1.95. The molecule has 0 aliphatic heterocycles. The Labute approximate surface area is 111 Å². The Balaban J connectivity index is 2.00. The van der Waals surface area contributed by atoms with Gasteiger partial charge in [-0.3, -0.25) is 9.48 Å². The minimum absolute atomic E-state index is 0.349. The van der Waals surface area contributed by atoms with E-state index in [2.05, 4.69) is 15.6 Å². The molecular formula is C10H9IN4O2. The van der Waals surface area contributed by atoms with Crippen molar-refractivity contribution in [3.05, 3.63) is 39.6 Å². The quantitative estimate of drug-likeness (QED) is 0.520. The first kappa shape index (κ1) is 11.8. The summed E-state index contributed by atoms with van der Waals surface area (Å²) >= 11 is 2.04. The van der Waals surface area contributed by atoms with E-state index in [0.717, 1.165) is 3.57 Å². The number of amides is 1. The molecule has 0 fully saturated rings. The maximum atomic E-state index is 11.7. The lowest BCUT2D eigenvalue weighted by molar-refractivity contribution is 0.0948. The van der Waals surface area contributed by atoms with Gasteiger partial charge in [-0.15, -0.1) is 0 Å².